The third-order valence-electron chi connectivity index (χ3n) is 11.3. The van der Waals surface area contributed by atoms with E-state index in [0.29, 0.717) is 0 Å². The van der Waals surface area contributed by atoms with Crippen LogP contribution in [0.5, 0.6) is 0 Å². The summed E-state index contributed by atoms with van der Waals surface area (Å²) < 4.78 is 0. The molecule has 0 saturated heterocycles. The van der Waals surface area contributed by atoms with Crippen molar-refractivity contribution in [1.29, 1.82) is 0 Å². The van der Waals surface area contributed by atoms with E-state index >= 15 is 0 Å². The molecule has 0 unspecified atom stereocenters. The van der Waals surface area contributed by atoms with Crippen molar-refractivity contribution in [3.63, 3.8) is 0 Å². The molecule has 0 fully saturated rings. The molecule has 12 aromatic rings. The molecule has 0 aliphatic carbocycles. The van der Waals surface area contributed by atoms with Crippen LogP contribution in [-0.2, 0) is 0 Å². The van der Waals surface area contributed by atoms with Crippen LogP contribution in [0.4, 0.5) is 0 Å². The summed E-state index contributed by atoms with van der Waals surface area (Å²) in [5, 5.41) is 0. The van der Waals surface area contributed by atoms with Gasteiger partial charge in [0.1, 0.15) is 0 Å². The predicted octanol–water partition coefficient (Wildman–Crippen LogP) is 36.3. The molecule has 0 aliphatic rings. The van der Waals surface area contributed by atoms with Gasteiger partial charge in [0.25, 0.3) is 0 Å². The lowest BCUT2D eigenvalue weighted by atomic mass is 10.2. The lowest BCUT2D eigenvalue weighted by Crippen LogP contribution is -1.62. The van der Waals surface area contributed by atoms with E-state index in [-0.39, 0.29) is 0 Å². The quantitative estimate of drug-likeness (QED) is 0.142. The van der Waals surface area contributed by atoms with Gasteiger partial charge in [-0.05, 0) is 83.1 Å². The summed E-state index contributed by atoms with van der Waals surface area (Å²) in [4.78, 5) is 0. The first-order valence-electron chi connectivity index (χ1n) is 40.9. The predicted molar refractivity (Wildman–Crippen MR) is 510 cm³/mol. The van der Waals surface area contributed by atoms with Crippen LogP contribution in [-0.4, -0.2) is 0 Å². The van der Waals surface area contributed by atoms with Crippen LogP contribution in [0.2, 0.25) is 0 Å². The van der Waals surface area contributed by atoms with Crippen LogP contribution in [0.15, 0.2) is 364 Å². The average molecular weight is 1470 g/mol. The molecular weight excluding hydrogens is 1300 g/mol. The molecule has 0 nitrogen and oxygen atoms in total. The van der Waals surface area contributed by atoms with Crippen LogP contribution in [0, 0.1) is 83.1 Å². The van der Waals surface area contributed by atoms with Crippen LogP contribution < -0.4 is 0 Å². The summed E-state index contributed by atoms with van der Waals surface area (Å²) in [6.07, 6.45) is 0. The van der Waals surface area contributed by atoms with Gasteiger partial charge < -0.3 is 0 Å². The van der Waals surface area contributed by atoms with Crippen molar-refractivity contribution in [2.24, 2.45) is 0 Å². The van der Waals surface area contributed by atoms with E-state index in [9.17, 15) is 0 Å². The summed E-state index contributed by atoms with van der Waals surface area (Å²) >= 11 is 0. The van der Waals surface area contributed by atoms with Crippen LogP contribution >= 0.6 is 0 Å². The molecule has 0 spiro atoms. The fourth-order valence-electron chi connectivity index (χ4n) is 6.41. The number of aryl methyl sites for hydroxylation is 12. The van der Waals surface area contributed by atoms with E-state index in [1.807, 2.05) is 385 Å². The zero-order valence-electron chi connectivity index (χ0n) is 76.6. The Balaban J connectivity index is -0.0000000907. The monoisotopic (exact) mass is 1470 g/mol. The Kier molecular flexibility index (Phi) is 141. The summed E-state index contributed by atoms with van der Waals surface area (Å²) in [7, 11) is 0. The highest BCUT2D eigenvalue weighted by molar-refractivity contribution is 5.19. The highest BCUT2D eigenvalue weighted by Crippen LogP contribution is 1.99. The molecule has 0 bridgehead atoms. The molecule has 0 radical (unpaired) electrons. The van der Waals surface area contributed by atoms with Gasteiger partial charge in [0, 0.05) is 0 Å². The van der Waals surface area contributed by atoms with Gasteiger partial charge in [-0.15, -0.1) is 0 Å². The van der Waals surface area contributed by atoms with Gasteiger partial charge in [-0.3, -0.25) is 0 Å². The molecule has 12 aromatic carbocycles. The SMILES string of the molecule is CC.CC.CC.CC.CC.CC.CC.CC.CC.CC.CC.CC.Cc1ccccc1.Cc1ccccc1.Cc1ccccc1.Cc1ccccc1.Cc1ccccc1.Cc1ccccc1.Cc1ccccc1.Cc1ccccc1.Cc1ccccc1.Cc1ccccc1.Cc1ccccc1.Cc1ccccc1. The highest BCUT2D eigenvalue weighted by atomic mass is 13.9. The maximum Gasteiger partial charge on any atom is -0.0398 e. The second-order valence-electron chi connectivity index (χ2n) is 19.9. The van der Waals surface area contributed by atoms with E-state index in [4.69, 9.17) is 0 Å². The minimum Gasteiger partial charge on any atom is -0.0683 e. The first-order chi connectivity index (χ1) is 52.7. The summed E-state index contributed by atoms with van der Waals surface area (Å²) in [6, 6.07) is 123. The molecule has 0 heteroatoms. The Morgan fingerprint density at radius 1 is 0.0741 bits per heavy atom. The van der Waals surface area contributed by atoms with Crippen molar-refractivity contribution in [3.05, 3.63) is 431 Å². The molecule has 0 aliphatic heterocycles. The largest absolute Gasteiger partial charge is 0.0683 e. The molecule has 0 N–H and O–H groups in total. The molecule has 0 saturated carbocycles. The Labute approximate surface area is 675 Å². The second-order valence-corrected chi connectivity index (χ2v) is 19.9. The fourth-order valence-corrected chi connectivity index (χ4v) is 6.41. The first kappa shape index (κ1) is 125. The summed E-state index contributed by atoms with van der Waals surface area (Å²) in [5.74, 6) is 0. The molecule has 12 rings (SSSR count). The van der Waals surface area contributed by atoms with E-state index in [0.717, 1.165) is 0 Å². The van der Waals surface area contributed by atoms with Crippen LogP contribution in [0.25, 0.3) is 0 Å². The smallest absolute Gasteiger partial charge is 0.0398 e. The third kappa shape index (κ3) is 118. The Bertz CT molecular complexity index is 2370. The topological polar surface area (TPSA) is 0 Å². The first-order valence-corrected chi connectivity index (χ1v) is 40.9. The van der Waals surface area contributed by atoms with Crippen LogP contribution in [0.3, 0.4) is 0 Å². The van der Waals surface area contributed by atoms with Crippen molar-refractivity contribution >= 4 is 0 Å². The summed E-state index contributed by atoms with van der Waals surface area (Å²) in [6.45, 7) is 73.0. The minimum atomic E-state index is 1.32. The Morgan fingerprint density at radius 2 is 0.111 bits per heavy atom. The van der Waals surface area contributed by atoms with Gasteiger partial charge in [0.15, 0.2) is 0 Å². The van der Waals surface area contributed by atoms with Gasteiger partial charge in [-0.25, -0.2) is 0 Å². The number of hydrogen-bond donors (Lipinski definition) is 0. The number of rotatable bonds is 0. The summed E-state index contributed by atoms with van der Waals surface area (Å²) in [5.41, 5.74) is 15.9. The fraction of sp³-hybridized carbons (Fsp3) is 0.333. The maximum atomic E-state index is 2.08. The van der Waals surface area contributed by atoms with Crippen LogP contribution in [0.1, 0.15) is 233 Å². The third-order valence-corrected chi connectivity index (χ3v) is 11.3. The van der Waals surface area contributed by atoms with Gasteiger partial charge in [0.2, 0.25) is 0 Å². The van der Waals surface area contributed by atoms with Crippen molar-refractivity contribution in [2.75, 3.05) is 0 Å². The van der Waals surface area contributed by atoms with Crippen molar-refractivity contribution in [3.8, 4) is 0 Å². The van der Waals surface area contributed by atoms with Crippen molar-refractivity contribution in [2.45, 2.75) is 249 Å². The second kappa shape index (κ2) is 121. The van der Waals surface area contributed by atoms with E-state index in [2.05, 4.69) is 229 Å². The van der Waals surface area contributed by atoms with Gasteiger partial charge >= 0.3 is 0 Å². The van der Waals surface area contributed by atoms with E-state index < -0.39 is 0 Å². The molecular formula is C108H168. The molecule has 0 atom stereocenters. The zero-order chi connectivity index (χ0) is 85.4. The molecule has 0 aromatic heterocycles. The Hall–Kier alpha value is -9.36. The molecule has 600 valence electrons. The number of benzene rings is 12. The van der Waals surface area contributed by atoms with Gasteiger partial charge in [0.05, 0.1) is 0 Å². The lowest BCUT2D eigenvalue weighted by Gasteiger charge is -1.82. The minimum absolute atomic E-state index is 1.32. The van der Waals surface area contributed by atoms with E-state index in [1.54, 1.807) is 0 Å². The Morgan fingerprint density at radius 3 is 0.130 bits per heavy atom. The van der Waals surface area contributed by atoms with Crippen molar-refractivity contribution in [1.82, 2.24) is 0 Å². The standard InChI is InChI=1S/12C7H8.12C2H6/c12*1-7-5-3-2-4-6-7;12*1-2/h12*2-6H,1H3;12*1-2H3. The molecule has 108 heavy (non-hydrogen) atoms. The average Bonchev–Trinajstić information content (AvgIpc) is 3.97. The normalized spacial score (nSPS) is 7.44. The van der Waals surface area contributed by atoms with E-state index in [1.165, 1.54) is 66.8 Å². The highest BCUT2D eigenvalue weighted by Gasteiger charge is 1.79. The lowest BCUT2D eigenvalue weighted by molar-refractivity contribution is 1.48. The van der Waals surface area contributed by atoms with Crippen molar-refractivity contribution < 1.29 is 0 Å². The van der Waals surface area contributed by atoms with Gasteiger partial charge in [-0.2, -0.15) is 0 Å². The number of hydrogen-bond acceptors (Lipinski definition) is 0. The molecule has 0 amide bonds. The maximum absolute atomic E-state index is 2.08. The molecule has 0 heterocycles. The zero-order valence-corrected chi connectivity index (χ0v) is 76.6. The van der Waals surface area contributed by atoms with Gasteiger partial charge in [-0.1, -0.05) is 597 Å².